The number of alkyl carbamates (subject to hydrolysis) is 1. The summed E-state index contributed by atoms with van der Waals surface area (Å²) < 4.78 is 42.0. The number of sulfonamides is 1. The Morgan fingerprint density at radius 1 is 1.13 bits per heavy atom. The fourth-order valence-electron chi connectivity index (χ4n) is 5.11. The molecule has 3 aromatic rings. The van der Waals surface area contributed by atoms with Gasteiger partial charge in [-0.05, 0) is 57.7 Å². The van der Waals surface area contributed by atoms with Gasteiger partial charge < -0.3 is 14.8 Å². The highest BCUT2D eigenvalue weighted by Gasteiger charge is 2.28. The quantitative estimate of drug-likeness (QED) is 0.137. The number of nitrogens with zero attached hydrogens (tertiary/aromatic N) is 3. The first kappa shape index (κ1) is 35.7. The summed E-state index contributed by atoms with van der Waals surface area (Å²) >= 11 is 1.45. The topological polar surface area (TPSA) is 154 Å². The maximum Gasteiger partial charge on any atom is 0.407 e. The Bertz CT molecular complexity index is 1590. The molecule has 252 valence electrons. The highest BCUT2D eigenvalue weighted by atomic mass is 32.2. The average molecular weight is 691 g/mol. The van der Waals surface area contributed by atoms with Crippen molar-refractivity contribution < 1.29 is 27.5 Å². The highest BCUT2D eigenvalue weighted by Crippen LogP contribution is 2.39. The van der Waals surface area contributed by atoms with Gasteiger partial charge in [0.1, 0.15) is 6.73 Å². The molecule has 0 unspecified atom stereocenters. The molecule has 15 heteroatoms. The molecule has 46 heavy (non-hydrogen) atoms. The van der Waals surface area contributed by atoms with Gasteiger partial charge in [-0.15, -0.1) is 11.3 Å². The number of imidazole rings is 1. The summed E-state index contributed by atoms with van der Waals surface area (Å²) in [7, 11) is -5.16. The van der Waals surface area contributed by atoms with E-state index in [9.17, 15) is 18.0 Å². The number of carbonyl (C=O) groups excluding carboxylic acids is 2. The Balaban J connectivity index is 1.48. The van der Waals surface area contributed by atoms with Gasteiger partial charge in [-0.1, -0.05) is 32.6 Å². The van der Waals surface area contributed by atoms with Crippen molar-refractivity contribution in [2.75, 3.05) is 18.5 Å². The van der Waals surface area contributed by atoms with Gasteiger partial charge in [0.15, 0.2) is 0 Å². The first-order valence-corrected chi connectivity index (χ1v) is 21.7. The first-order chi connectivity index (χ1) is 21.8. The summed E-state index contributed by atoms with van der Waals surface area (Å²) in [5.74, 6) is 0.0359. The van der Waals surface area contributed by atoms with Crippen molar-refractivity contribution in [1.29, 1.82) is 0 Å². The minimum atomic E-state index is -3.93. The number of rotatable bonds is 14. The monoisotopic (exact) mass is 690 g/mol. The Labute approximate surface area is 276 Å². The third-order valence-corrected chi connectivity index (χ3v) is 12.0. The number of hydrogen-bond acceptors (Lipinski definition) is 9. The van der Waals surface area contributed by atoms with Crippen molar-refractivity contribution >= 4 is 47.4 Å². The molecule has 0 spiro atoms. The SMILES string of the molecule is CCNS(=O)(=O)c1cc(C(=O)Nc2nccn2COCC[Si](C)(C)C)ccc1-c1cnc(C2CCC(NC(=O)OC(C)C)CC2)s1. The van der Waals surface area contributed by atoms with Crippen LogP contribution in [0.2, 0.25) is 25.7 Å². The number of amides is 2. The zero-order valence-electron chi connectivity index (χ0n) is 27.5. The minimum absolute atomic E-state index is 0.00629. The molecule has 1 aliphatic carbocycles. The van der Waals surface area contributed by atoms with E-state index in [1.54, 1.807) is 42.2 Å². The standard InChI is InChI=1S/C31H46N6O6S2Si/c1-7-34-45(40,41)27-18-23(28(38)36-30-32-14-15-37(30)20-42-16-17-46(4,5)6)10-13-25(27)26-19-33-29(44-26)22-8-11-24(12-9-22)35-31(39)43-21(2)3/h10,13-15,18-19,21-22,24,34H,7-9,11-12,16-17,20H2,1-6H3,(H,35,39)(H,32,36,38). The molecule has 0 radical (unpaired) electrons. The summed E-state index contributed by atoms with van der Waals surface area (Å²) in [6.45, 7) is 13.3. The lowest BCUT2D eigenvalue weighted by Crippen LogP contribution is -2.38. The van der Waals surface area contributed by atoms with Crippen LogP contribution in [0.1, 0.15) is 67.7 Å². The maximum atomic E-state index is 13.4. The Hall–Kier alpha value is -3.11. The lowest BCUT2D eigenvalue weighted by molar-refractivity contribution is 0.0879. The van der Waals surface area contributed by atoms with Gasteiger partial charge in [-0.3, -0.25) is 14.7 Å². The molecule has 1 aromatic carbocycles. The molecular weight excluding hydrogens is 645 g/mol. The molecule has 2 amide bonds. The third kappa shape index (κ3) is 9.94. The second kappa shape index (κ2) is 15.7. The molecule has 3 N–H and O–H groups in total. The van der Waals surface area contributed by atoms with Crippen molar-refractivity contribution in [2.45, 2.75) is 102 Å². The van der Waals surface area contributed by atoms with Gasteiger partial charge >= 0.3 is 6.09 Å². The lowest BCUT2D eigenvalue weighted by Gasteiger charge is -2.28. The van der Waals surface area contributed by atoms with E-state index in [4.69, 9.17) is 9.47 Å². The van der Waals surface area contributed by atoms with Crippen LogP contribution in [0, 0.1) is 0 Å². The minimum Gasteiger partial charge on any atom is -0.447 e. The van der Waals surface area contributed by atoms with Crippen LogP contribution >= 0.6 is 11.3 Å². The Kier molecular flexibility index (Phi) is 12.2. The summed E-state index contributed by atoms with van der Waals surface area (Å²) in [4.78, 5) is 34.9. The number of ether oxygens (including phenoxy) is 2. The normalized spacial score (nSPS) is 17.2. The third-order valence-electron chi connectivity index (χ3n) is 7.57. The zero-order chi connectivity index (χ0) is 33.5. The van der Waals surface area contributed by atoms with E-state index in [2.05, 4.69) is 45.0 Å². The van der Waals surface area contributed by atoms with Gasteiger partial charge in [0, 0.05) is 62.9 Å². The zero-order valence-corrected chi connectivity index (χ0v) is 30.1. The first-order valence-electron chi connectivity index (χ1n) is 15.7. The number of benzene rings is 1. The van der Waals surface area contributed by atoms with Crippen LogP contribution in [0.5, 0.6) is 0 Å². The summed E-state index contributed by atoms with van der Waals surface area (Å²) in [5, 5.41) is 6.65. The van der Waals surface area contributed by atoms with Gasteiger partial charge in [0.25, 0.3) is 5.91 Å². The number of aromatic nitrogens is 3. The molecule has 2 aromatic heterocycles. The fourth-order valence-corrected chi connectivity index (χ4v) is 8.34. The molecule has 0 saturated heterocycles. The van der Waals surface area contributed by atoms with Crippen molar-refractivity contribution in [1.82, 2.24) is 24.6 Å². The number of thiazole rings is 1. The molecule has 0 atom stereocenters. The molecule has 12 nitrogen and oxygen atoms in total. The second-order valence-corrected chi connectivity index (χ2v) is 21.4. The molecule has 0 bridgehead atoms. The summed E-state index contributed by atoms with van der Waals surface area (Å²) in [6, 6.07) is 5.74. The molecular formula is C31H46N6O6S2Si. The number of nitrogens with one attached hydrogen (secondary N) is 3. The van der Waals surface area contributed by atoms with E-state index in [0.29, 0.717) is 23.0 Å². The van der Waals surface area contributed by atoms with Crippen LogP contribution in [-0.4, -0.2) is 68.3 Å². The average Bonchev–Trinajstić information content (AvgIpc) is 3.64. The van der Waals surface area contributed by atoms with Crippen molar-refractivity contribution in [2.24, 2.45) is 0 Å². The fraction of sp³-hybridized carbons (Fsp3) is 0.548. The molecule has 0 aliphatic heterocycles. The van der Waals surface area contributed by atoms with Crippen LogP contribution in [0.15, 0.2) is 41.7 Å². The van der Waals surface area contributed by atoms with E-state index >= 15 is 0 Å². The molecule has 1 fully saturated rings. The largest absolute Gasteiger partial charge is 0.447 e. The summed E-state index contributed by atoms with van der Waals surface area (Å²) in [6.07, 6.45) is 7.73. The lowest BCUT2D eigenvalue weighted by atomic mass is 9.86. The van der Waals surface area contributed by atoms with Crippen molar-refractivity contribution in [3.05, 3.63) is 47.4 Å². The molecule has 2 heterocycles. The number of carbonyl (C=O) groups is 2. The van der Waals surface area contributed by atoms with E-state index in [1.807, 2.05) is 13.8 Å². The van der Waals surface area contributed by atoms with Crippen LogP contribution in [0.3, 0.4) is 0 Å². The van der Waals surface area contributed by atoms with Gasteiger partial charge in [0.05, 0.1) is 20.9 Å². The smallest absolute Gasteiger partial charge is 0.407 e. The van der Waals surface area contributed by atoms with Crippen LogP contribution in [-0.2, 0) is 26.2 Å². The highest BCUT2D eigenvalue weighted by molar-refractivity contribution is 7.89. The van der Waals surface area contributed by atoms with Crippen molar-refractivity contribution in [3.8, 4) is 10.4 Å². The molecule has 1 aliphatic rings. The molecule has 4 rings (SSSR count). The number of hydrogen-bond donors (Lipinski definition) is 3. The Morgan fingerprint density at radius 2 is 1.87 bits per heavy atom. The second-order valence-electron chi connectivity index (χ2n) is 12.9. The van der Waals surface area contributed by atoms with Crippen LogP contribution < -0.4 is 15.4 Å². The Morgan fingerprint density at radius 3 is 2.54 bits per heavy atom. The predicted octanol–water partition coefficient (Wildman–Crippen LogP) is 6.03. The predicted molar refractivity (Wildman–Crippen MR) is 182 cm³/mol. The molecule has 1 saturated carbocycles. The van der Waals surface area contributed by atoms with E-state index in [-0.39, 0.29) is 41.8 Å². The van der Waals surface area contributed by atoms with E-state index < -0.39 is 30.1 Å². The van der Waals surface area contributed by atoms with E-state index in [1.165, 1.54) is 17.4 Å². The van der Waals surface area contributed by atoms with Gasteiger partial charge in [0.2, 0.25) is 16.0 Å². The van der Waals surface area contributed by atoms with E-state index in [0.717, 1.165) is 36.7 Å². The van der Waals surface area contributed by atoms with Gasteiger partial charge in [-0.25, -0.2) is 27.9 Å². The number of anilines is 1. The van der Waals surface area contributed by atoms with Crippen LogP contribution in [0.4, 0.5) is 10.7 Å². The summed E-state index contributed by atoms with van der Waals surface area (Å²) in [5.41, 5.74) is 0.659. The van der Waals surface area contributed by atoms with Crippen LogP contribution in [0.25, 0.3) is 10.4 Å². The van der Waals surface area contributed by atoms with Crippen molar-refractivity contribution in [3.63, 3.8) is 0 Å². The maximum absolute atomic E-state index is 13.4. The van der Waals surface area contributed by atoms with Gasteiger partial charge in [-0.2, -0.15) is 0 Å².